The van der Waals surface area contributed by atoms with Gasteiger partial charge in [-0.05, 0) is 24.6 Å². The highest BCUT2D eigenvalue weighted by atomic mass is 32.2. The number of aryl methyl sites for hydroxylation is 1. The van der Waals surface area contributed by atoms with Crippen LogP contribution in [0.5, 0.6) is 0 Å². The van der Waals surface area contributed by atoms with Gasteiger partial charge in [0, 0.05) is 6.26 Å². The quantitative estimate of drug-likeness (QED) is 0.763. The van der Waals surface area contributed by atoms with Gasteiger partial charge in [-0.15, -0.1) is 0 Å². The van der Waals surface area contributed by atoms with E-state index in [-0.39, 0.29) is 0 Å². The van der Waals surface area contributed by atoms with E-state index in [1.807, 2.05) is 13.0 Å². The molecule has 0 N–H and O–H groups in total. The SMILES string of the molecule is CCCCCC.Cc1cccc(S(C)(=O)=O)c1. The van der Waals surface area contributed by atoms with Gasteiger partial charge in [0.15, 0.2) is 9.84 Å². The van der Waals surface area contributed by atoms with Crippen LogP contribution in [0.15, 0.2) is 29.2 Å². The number of unbranched alkanes of at least 4 members (excludes halogenated alkanes) is 3. The molecule has 0 aliphatic carbocycles. The molecule has 0 spiro atoms. The average Bonchev–Trinajstić information content (AvgIpc) is 2.26. The Bertz CT molecular complexity index is 404. The highest BCUT2D eigenvalue weighted by Crippen LogP contribution is 2.09. The third kappa shape index (κ3) is 7.97. The lowest BCUT2D eigenvalue weighted by Crippen LogP contribution is -1.96. The van der Waals surface area contributed by atoms with Crippen LogP contribution in [0.1, 0.15) is 45.1 Å². The van der Waals surface area contributed by atoms with E-state index >= 15 is 0 Å². The number of hydrogen-bond acceptors (Lipinski definition) is 2. The van der Waals surface area contributed by atoms with E-state index in [4.69, 9.17) is 0 Å². The number of rotatable bonds is 4. The Hall–Kier alpha value is -0.830. The lowest BCUT2D eigenvalue weighted by molar-refractivity contribution is 0.602. The zero-order valence-electron chi connectivity index (χ0n) is 11.4. The second-order valence-electron chi connectivity index (χ2n) is 4.30. The first kappa shape index (κ1) is 16.2. The summed E-state index contributed by atoms with van der Waals surface area (Å²) in [5.74, 6) is 0. The van der Waals surface area contributed by atoms with Crippen molar-refractivity contribution in [3.63, 3.8) is 0 Å². The van der Waals surface area contributed by atoms with E-state index in [0.717, 1.165) is 5.56 Å². The van der Waals surface area contributed by atoms with Crippen molar-refractivity contribution in [1.29, 1.82) is 0 Å². The van der Waals surface area contributed by atoms with E-state index in [1.165, 1.54) is 31.9 Å². The molecule has 0 fully saturated rings. The molecule has 1 aromatic rings. The molecular formula is C14H24O2S. The second-order valence-corrected chi connectivity index (χ2v) is 6.31. The van der Waals surface area contributed by atoms with Crippen molar-refractivity contribution in [2.75, 3.05) is 6.26 Å². The van der Waals surface area contributed by atoms with Crippen LogP contribution in [-0.2, 0) is 9.84 Å². The fraction of sp³-hybridized carbons (Fsp3) is 0.571. The summed E-state index contributed by atoms with van der Waals surface area (Å²) < 4.78 is 22.0. The molecule has 98 valence electrons. The van der Waals surface area contributed by atoms with Crippen LogP contribution >= 0.6 is 0 Å². The van der Waals surface area contributed by atoms with Crippen molar-refractivity contribution in [2.45, 2.75) is 51.3 Å². The fourth-order valence-electron chi connectivity index (χ4n) is 1.35. The van der Waals surface area contributed by atoms with Gasteiger partial charge in [0.05, 0.1) is 4.90 Å². The molecular weight excluding hydrogens is 232 g/mol. The summed E-state index contributed by atoms with van der Waals surface area (Å²) in [6.45, 7) is 6.33. The summed E-state index contributed by atoms with van der Waals surface area (Å²) in [6.07, 6.45) is 6.75. The maximum Gasteiger partial charge on any atom is 0.175 e. The molecule has 0 heterocycles. The molecule has 0 saturated heterocycles. The van der Waals surface area contributed by atoms with Gasteiger partial charge in [-0.25, -0.2) is 8.42 Å². The van der Waals surface area contributed by atoms with Crippen molar-refractivity contribution in [1.82, 2.24) is 0 Å². The normalized spacial score (nSPS) is 10.6. The summed E-state index contributed by atoms with van der Waals surface area (Å²) in [5.41, 5.74) is 0.966. The van der Waals surface area contributed by atoms with Gasteiger partial charge in [-0.2, -0.15) is 0 Å². The largest absolute Gasteiger partial charge is 0.224 e. The van der Waals surface area contributed by atoms with Crippen molar-refractivity contribution in [3.05, 3.63) is 29.8 Å². The van der Waals surface area contributed by atoms with Crippen LogP contribution in [0, 0.1) is 6.92 Å². The minimum atomic E-state index is -3.03. The molecule has 1 rings (SSSR count). The van der Waals surface area contributed by atoms with Crippen molar-refractivity contribution in [2.24, 2.45) is 0 Å². The summed E-state index contributed by atoms with van der Waals surface area (Å²) >= 11 is 0. The van der Waals surface area contributed by atoms with Crippen LogP contribution in [0.25, 0.3) is 0 Å². The van der Waals surface area contributed by atoms with E-state index < -0.39 is 9.84 Å². The maximum absolute atomic E-state index is 11.0. The molecule has 17 heavy (non-hydrogen) atoms. The Morgan fingerprint density at radius 1 is 1.06 bits per heavy atom. The topological polar surface area (TPSA) is 34.1 Å². The monoisotopic (exact) mass is 256 g/mol. The standard InChI is InChI=1S/C8H10O2S.C6H14/c1-7-4-3-5-8(6-7)11(2,9)10;1-3-5-6-4-2/h3-6H,1-2H3;3-6H2,1-2H3. The van der Waals surface area contributed by atoms with E-state index in [0.29, 0.717) is 4.90 Å². The molecule has 0 saturated carbocycles. The maximum atomic E-state index is 11.0. The van der Waals surface area contributed by atoms with Crippen molar-refractivity contribution < 1.29 is 8.42 Å². The minimum absolute atomic E-state index is 0.387. The molecule has 0 bridgehead atoms. The molecule has 2 nitrogen and oxygen atoms in total. The highest BCUT2D eigenvalue weighted by molar-refractivity contribution is 7.90. The Labute approximate surface area is 106 Å². The van der Waals surface area contributed by atoms with Crippen molar-refractivity contribution >= 4 is 9.84 Å². The summed E-state index contributed by atoms with van der Waals surface area (Å²) in [6, 6.07) is 6.87. The molecule has 0 radical (unpaired) electrons. The van der Waals surface area contributed by atoms with Gasteiger partial charge >= 0.3 is 0 Å². The van der Waals surface area contributed by atoms with Crippen LogP contribution < -0.4 is 0 Å². The third-order valence-corrected chi connectivity index (χ3v) is 3.49. The molecule has 0 aromatic heterocycles. The molecule has 1 aromatic carbocycles. The van der Waals surface area contributed by atoms with Gasteiger partial charge in [0.25, 0.3) is 0 Å². The Morgan fingerprint density at radius 3 is 1.88 bits per heavy atom. The lowest BCUT2D eigenvalue weighted by Gasteiger charge is -1.97. The lowest BCUT2D eigenvalue weighted by atomic mass is 10.2. The molecule has 0 amide bonds. The predicted molar refractivity (Wildman–Crippen MR) is 74.1 cm³/mol. The van der Waals surface area contributed by atoms with Crippen LogP contribution in [0.2, 0.25) is 0 Å². The molecule has 0 aliphatic rings. The Morgan fingerprint density at radius 2 is 1.59 bits per heavy atom. The minimum Gasteiger partial charge on any atom is -0.224 e. The van der Waals surface area contributed by atoms with Gasteiger partial charge in [0.2, 0.25) is 0 Å². The van der Waals surface area contributed by atoms with E-state index in [9.17, 15) is 8.42 Å². The smallest absolute Gasteiger partial charge is 0.175 e. The number of hydrogen-bond donors (Lipinski definition) is 0. The van der Waals surface area contributed by atoms with Crippen LogP contribution in [-0.4, -0.2) is 14.7 Å². The van der Waals surface area contributed by atoms with Gasteiger partial charge in [-0.1, -0.05) is 51.7 Å². The first-order chi connectivity index (χ1) is 7.91. The zero-order valence-corrected chi connectivity index (χ0v) is 12.2. The van der Waals surface area contributed by atoms with Crippen LogP contribution in [0.4, 0.5) is 0 Å². The van der Waals surface area contributed by atoms with Gasteiger partial charge in [0.1, 0.15) is 0 Å². The summed E-state index contributed by atoms with van der Waals surface area (Å²) in [4.78, 5) is 0.387. The number of sulfone groups is 1. The second kappa shape index (κ2) is 8.29. The van der Waals surface area contributed by atoms with Gasteiger partial charge in [-0.3, -0.25) is 0 Å². The molecule has 0 unspecified atom stereocenters. The molecule has 3 heteroatoms. The highest BCUT2D eigenvalue weighted by Gasteiger charge is 2.04. The van der Waals surface area contributed by atoms with Crippen LogP contribution in [0.3, 0.4) is 0 Å². The first-order valence-electron chi connectivity index (χ1n) is 6.18. The summed E-state index contributed by atoms with van der Waals surface area (Å²) in [7, 11) is -3.03. The van der Waals surface area contributed by atoms with Crippen molar-refractivity contribution in [3.8, 4) is 0 Å². The predicted octanol–water partition coefficient (Wildman–Crippen LogP) is 3.99. The Balaban J connectivity index is 0.000000366. The average molecular weight is 256 g/mol. The Kier molecular flexibility index (Phi) is 7.88. The first-order valence-corrected chi connectivity index (χ1v) is 8.07. The number of benzene rings is 1. The summed E-state index contributed by atoms with van der Waals surface area (Å²) in [5, 5.41) is 0. The van der Waals surface area contributed by atoms with Gasteiger partial charge < -0.3 is 0 Å². The van der Waals surface area contributed by atoms with E-state index in [2.05, 4.69) is 13.8 Å². The molecule has 0 aliphatic heterocycles. The zero-order chi connectivity index (χ0) is 13.3. The van der Waals surface area contributed by atoms with E-state index in [1.54, 1.807) is 18.2 Å². The molecule has 0 atom stereocenters. The fourth-order valence-corrected chi connectivity index (χ4v) is 2.07. The third-order valence-electron chi connectivity index (χ3n) is 2.37.